The molecular weight excluding hydrogens is 204 g/mol. The molecule has 0 aliphatic heterocycles. The standard InChI is InChI=1S/C14H13Cl/c15-14-10-8-13(9-11-14)7-6-12-4-2-1-3-5-12/h1-5,8-11H,6-7H2. The van der Waals surface area contributed by atoms with Gasteiger partial charge >= 0.3 is 0 Å². The third-order valence-corrected chi connectivity index (χ3v) is 2.71. The molecule has 0 aliphatic carbocycles. The third-order valence-electron chi connectivity index (χ3n) is 2.46. The Morgan fingerprint density at radius 3 is 1.80 bits per heavy atom. The van der Waals surface area contributed by atoms with Gasteiger partial charge in [0.05, 0.1) is 0 Å². The molecule has 0 saturated heterocycles. The van der Waals surface area contributed by atoms with Crippen molar-refractivity contribution < 1.29 is 0 Å². The van der Waals surface area contributed by atoms with Gasteiger partial charge in [0.1, 0.15) is 0 Å². The van der Waals surface area contributed by atoms with E-state index in [4.69, 9.17) is 11.6 Å². The van der Waals surface area contributed by atoms with E-state index in [0.717, 1.165) is 17.9 Å². The van der Waals surface area contributed by atoms with Crippen molar-refractivity contribution in [2.45, 2.75) is 12.8 Å². The van der Waals surface area contributed by atoms with Gasteiger partial charge in [0.2, 0.25) is 0 Å². The molecule has 0 fully saturated rings. The summed E-state index contributed by atoms with van der Waals surface area (Å²) in [5, 5.41) is 0.804. The molecule has 0 radical (unpaired) electrons. The van der Waals surface area contributed by atoms with Crippen LogP contribution in [0.1, 0.15) is 11.1 Å². The van der Waals surface area contributed by atoms with Gasteiger partial charge in [-0.25, -0.2) is 0 Å². The van der Waals surface area contributed by atoms with Crippen LogP contribution in [-0.2, 0) is 12.8 Å². The van der Waals surface area contributed by atoms with Gasteiger partial charge in [0, 0.05) is 5.02 Å². The Morgan fingerprint density at radius 1 is 0.667 bits per heavy atom. The minimum atomic E-state index is 0.804. The molecule has 2 rings (SSSR count). The maximum atomic E-state index is 5.83. The van der Waals surface area contributed by atoms with Gasteiger partial charge in [-0.3, -0.25) is 0 Å². The van der Waals surface area contributed by atoms with Gasteiger partial charge in [-0.05, 0) is 36.1 Å². The molecule has 0 aliphatic rings. The van der Waals surface area contributed by atoms with Crippen LogP contribution in [0.4, 0.5) is 0 Å². The average molecular weight is 217 g/mol. The van der Waals surface area contributed by atoms with Crippen molar-refractivity contribution in [1.82, 2.24) is 0 Å². The number of halogens is 1. The van der Waals surface area contributed by atoms with E-state index < -0.39 is 0 Å². The zero-order valence-corrected chi connectivity index (χ0v) is 9.24. The van der Waals surface area contributed by atoms with E-state index in [1.165, 1.54) is 11.1 Å². The molecule has 2 aromatic carbocycles. The maximum absolute atomic E-state index is 5.83. The summed E-state index contributed by atoms with van der Waals surface area (Å²) in [6.07, 6.45) is 2.16. The molecule has 1 heteroatoms. The number of hydrogen-bond donors (Lipinski definition) is 0. The first-order chi connectivity index (χ1) is 7.34. The van der Waals surface area contributed by atoms with Crippen molar-refractivity contribution in [2.24, 2.45) is 0 Å². The highest BCUT2D eigenvalue weighted by Gasteiger charge is 1.95. The molecule has 0 aromatic heterocycles. The summed E-state index contributed by atoms with van der Waals surface area (Å²) in [4.78, 5) is 0. The van der Waals surface area contributed by atoms with Crippen LogP contribution in [0.3, 0.4) is 0 Å². The second-order valence-corrected chi connectivity index (χ2v) is 4.05. The lowest BCUT2D eigenvalue weighted by molar-refractivity contribution is 0.960. The van der Waals surface area contributed by atoms with Crippen LogP contribution in [-0.4, -0.2) is 0 Å². The lowest BCUT2D eigenvalue weighted by Crippen LogP contribution is -1.90. The molecule has 0 atom stereocenters. The molecular formula is C14H13Cl. The maximum Gasteiger partial charge on any atom is 0.0406 e. The lowest BCUT2D eigenvalue weighted by atomic mass is 10.0. The first kappa shape index (κ1) is 10.3. The Hall–Kier alpha value is -1.27. The number of aryl methyl sites for hydroxylation is 2. The quantitative estimate of drug-likeness (QED) is 0.724. The molecule has 0 N–H and O–H groups in total. The smallest absolute Gasteiger partial charge is 0.0406 e. The monoisotopic (exact) mass is 216 g/mol. The molecule has 0 nitrogen and oxygen atoms in total. The van der Waals surface area contributed by atoms with Crippen molar-refractivity contribution in [3.05, 3.63) is 70.7 Å². The van der Waals surface area contributed by atoms with Gasteiger partial charge in [-0.2, -0.15) is 0 Å². The van der Waals surface area contributed by atoms with E-state index in [0.29, 0.717) is 0 Å². The molecule has 76 valence electrons. The van der Waals surface area contributed by atoms with Crippen LogP contribution in [0, 0.1) is 0 Å². The van der Waals surface area contributed by atoms with Gasteiger partial charge in [-0.1, -0.05) is 54.1 Å². The summed E-state index contributed by atoms with van der Waals surface area (Å²) < 4.78 is 0. The fraction of sp³-hybridized carbons (Fsp3) is 0.143. The van der Waals surface area contributed by atoms with Crippen molar-refractivity contribution in [3.63, 3.8) is 0 Å². The normalized spacial score (nSPS) is 10.2. The highest BCUT2D eigenvalue weighted by atomic mass is 35.5. The summed E-state index contributed by atoms with van der Waals surface area (Å²) in [7, 11) is 0. The second kappa shape index (κ2) is 4.99. The Labute approximate surface area is 95.5 Å². The van der Waals surface area contributed by atoms with Crippen LogP contribution in [0.25, 0.3) is 0 Å². The molecule has 0 unspecified atom stereocenters. The van der Waals surface area contributed by atoms with E-state index >= 15 is 0 Å². The van der Waals surface area contributed by atoms with E-state index in [2.05, 4.69) is 36.4 Å². The Morgan fingerprint density at radius 2 is 1.20 bits per heavy atom. The van der Waals surface area contributed by atoms with Crippen molar-refractivity contribution in [3.8, 4) is 0 Å². The molecule has 0 amide bonds. The average Bonchev–Trinajstić information content (AvgIpc) is 2.30. The van der Waals surface area contributed by atoms with Crippen molar-refractivity contribution >= 4 is 11.6 Å². The molecule has 15 heavy (non-hydrogen) atoms. The molecule has 0 bridgehead atoms. The first-order valence-electron chi connectivity index (χ1n) is 5.13. The van der Waals surface area contributed by atoms with Crippen molar-refractivity contribution in [2.75, 3.05) is 0 Å². The van der Waals surface area contributed by atoms with Crippen LogP contribution in [0.5, 0.6) is 0 Å². The predicted molar refractivity (Wildman–Crippen MR) is 65.3 cm³/mol. The summed E-state index contributed by atoms with van der Waals surface area (Å²) >= 11 is 5.83. The minimum absolute atomic E-state index is 0.804. The summed E-state index contributed by atoms with van der Waals surface area (Å²) in [6, 6.07) is 18.6. The van der Waals surface area contributed by atoms with E-state index in [-0.39, 0.29) is 0 Å². The summed E-state index contributed by atoms with van der Waals surface area (Å²) in [5.74, 6) is 0. The van der Waals surface area contributed by atoms with Gasteiger partial charge < -0.3 is 0 Å². The molecule has 0 heterocycles. The zero-order chi connectivity index (χ0) is 10.5. The zero-order valence-electron chi connectivity index (χ0n) is 8.49. The first-order valence-corrected chi connectivity index (χ1v) is 5.51. The topological polar surface area (TPSA) is 0 Å². The summed E-state index contributed by atoms with van der Waals surface area (Å²) in [6.45, 7) is 0. The number of hydrogen-bond acceptors (Lipinski definition) is 0. The SMILES string of the molecule is Clc1ccc(CCc2ccccc2)cc1. The Bertz CT molecular complexity index is 403. The third kappa shape index (κ3) is 3.10. The fourth-order valence-corrected chi connectivity index (χ4v) is 1.71. The summed E-state index contributed by atoms with van der Waals surface area (Å²) in [5.41, 5.74) is 2.72. The van der Waals surface area contributed by atoms with Crippen molar-refractivity contribution in [1.29, 1.82) is 0 Å². The lowest BCUT2D eigenvalue weighted by Gasteiger charge is -2.01. The molecule has 0 saturated carbocycles. The highest BCUT2D eigenvalue weighted by molar-refractivity contribution is 6.30. The van der Waals surface area contributed by atoms with E-state index in [1.54, 1.807) is 0 Å². The van der Waals surface area contributed by atoms with Crippen LogP contribution in [0.15, 0.2) is 54.6 Å². The van der Waals surface area contributed by atoms with Gasteiger partial charge in [0.25, 0.3) is 0 Å². The number of benzene rings is 2. The largest absolute Gasteiger partial charge is 0.0843 e. The van der Waals surface area contributed by atoms with Crippen LogP contribution >= 0.6 is 11.6 Å². The Kier molecular flexibility index (Phi) is 3.41. The predicted octanol–water partition coefficient (Wildman–Crippen LogP) is 4.13. The fourth-order valence-electron chi connectivity index (χ4n) is 1.58. The minimum Gasteiger partial charge on any atom is -0.0843 e. The number of rotatable bonds is 3. The second-order valence-electron chi connectivity index (χ2n) is 3.61. The van der Waals surface area contributed by atoms with E-state index in [9.17, 15) is 0 Å². The van der Waals surface area contributed by atoms with Crippen LogP contribution < -0.4 is 0 Å². The van der Waals surface area contributed by atoms with Crippen LogP contribution in [0.2, 0.25) is 5.02 Å². The van der Waals surface area contributed by atoms with Gasteiger partial charge in [-0.15, -0.1) is 0 Å². The Balaban J connectivity index is 1.96. The molecule has 2 aromatic rings. The molecule has 0 spiro atoms. The van der Waals surface area contributed by atoms with E-state index in [1.807, 2.05) is 18.2 Å². The highest BCUT2D eigenvalue weighted by Crippen LogP contribution is 2.11. The van der Waals surface area contributed by atoms with Gasteiger partial charge in [0.15, 0.2) is 0 Å².